The summed E-state index contributed by atoms with van der Waals surface area (Å²) in [6.45, 7) is 13.1. The Labute approximate surface area is 309 Å². The second-order valence-corrected chi connectivity index (χ2v) is 14.9. The quantitative estimate of drug-likeness (QED) is 0.121. The molecule has 0 N–H and O–H groups in total. The lowest BCUT2D eigenvalue weighted by molar-refractivity contribution is -0.143. The van der Waals surface area contributed by atoms with Crippen molar-refractivity contribution < 1.29 is 49.4 Å². The van der Waals surface area contributed by atoms with E-state index in [4.69, 9.17) is 4.74 Å². The summed E-state index contributed by atoms with van der Waals surface area (Å²) >= 11 is 0. The van der Waals surface area contributed by atoms with Crippen LogP contribution in [0.1, 0.15) is 97.9 Å². The molecule has 1 fully saturated rings. The molecule has 1 unspecified atom stereocenters. The number of ketones is 1. The van der Waals surface area contributed by atoms with E-state index in [0.29, 0.717) is 42.3 Å². The topological polar surface area (TPSA) is 68.6 Å². The molecule has 3 aromatic rings. The van der Waals surface area contributed by atoms with Crippen molar-refractivity contribution in [2.75, 3.05) is 26.2 Å². The van der Waals surface area contributed by atoms with Gasteiger partial charge in [-0.1, -0.05) is 38.5 Å². The van der Waals surface area contributed by atoms with Crippen LogP contribution in [0.5, 0.6) is 0 Å². The van der Waals surface area contributed by atoms with Crippen LogP contribution in [0.15, 0.2) is 35.3 Å². The van der Waals surface area contributed by atoms with Crippen LogP contribution >= 0.6 is 0 Å². The number of rotatable bonds is 14. The Morgan fingerprint density at radius 2 is 1.48 bits per heavy atom. The number of alkyl halides is 6. The Morgan fingerprint density at radius 3 is 2.00 bits per heavy atom. The summed E-state index contributed by atoms with van der Waals surface area (Å²) in [6.07, 6.45) is -11.3. The number of aromatic nitrogens is 1. The number of likely N-dealkylation sites (tertiary alicyclic amines) is 1. The highest BCUT2D eigenvalue weighted by Crippen LogP contribution is 2.44. The van der Waals surface area contributed by atoms with Crippen LogP contribution in [-0.4, -0.2) is 47.5 Å². The number of pyridine rings is 1. The van der Waals surface area contributed by atoms with Crippen LogP contribution in [0, 0.1) is 44.2 Å². The molecule has 0 bridgehead atoms. The number of carbonyl (C=O) groups excluding carboxylic acids is 2. The Hall–Kier alpha value is -4.07. The van der Waals surface area contributed by atoms with Crippen molar-refractivity contribution in [3.8, 4) is 11.1 Å². The second kappa shape index (κ2) is 16.7. The Balaban J connectivity index is 1.90. The third kappa shape index (κ3) is 9.77. The maximum atomic E-state index is 16.8. The fourth-order valence-electron chi connectivity index (χ4n) is 7.52. The molecule has 1 aliphatic rings. The molecule has 54 heavy (non-hydrogen) atoms. The lowest BCUT2D eigenvalue weighted by atomic mass is 9.82. The van der Waals surface area contributed by atoms with Crippen LogP contribution in [0.25, 0.3) is 11.1 Å². The van der Waals surface area contributed by atoms with Gasteiger partial charge in [-0.15, -0.1) is 0 Å². The van der Waals surface area contributed by atoms with E-state index in [1.165, 1.54) is 6.92 Å². The summed E-state index contributed by atoms with van der Waals surface area (Å²) in [7, 11) is 0. The number of halogens is 8. The monoisotopic (exact) mass is 770 g/mol. The number of carbonyl (C=O) groups is 2. The molecule has 2 heterocycles. The molecule has 296 valence electrons. The van der Waals surface area contributed by atoms with Crippen LogP contribution in [0.4, 0.5) is 35.1 Å². The standard InChI is InChI=1S/C40H46F8N2O4/c1-8-54-34(53)15-27(36-37(41)28(16-30(38(36)42)40(46,47)48)35-24(6)12-22(4)13-25(35)7)14-32(51)31(11-21(2)3)50-20-26(9-10-49-18-23(5)19-49)29(17-33(50)52)39(43,44)45/h12-13,16-17,20-21,23,27,31H,8-11,14-15,18-19H2,1-7H3/t27-,31?/m0/s1. The highest BCUT2D eigenvalue weighted by molar-refractivity contribution is 5.85. The largest absolute Gasteiger partial charge is 0.466 e. The maximum absolute atomic E-state index is 16.8. The number of benzene rings is 2. The van der Waals surface area contributed by atoms with E-state index in [1.54, 1.807) is 46.8 Å². The zero-order valence-electron chi connectivity index (χ0n) is 31.4. The number of aryl methyl sites for hydroxylation is 3. The number of esters is 1. The Morgan fingerprint density at radius 1 is 0.889 bits per heavy atom. The highest BCUT2D eigenvalue weighted by atomic mass is 19.4. The minimum absolute atomic E-state index is 0.0697. The van der Waals surface area contributed by atoms with Gasteiger partial charge >= 0.3 is 18.3 Å². The van der Waals surface area contributed by atoms with Crippen molar-refractivity contribution in [1.29, 1.82) is 0 Å². The van der Waals surface area contributed by atoms with Crippen LogP contribution in [0.3, 0.4) is 0 Å². The molecular formula is C40H46F8N2O4. The summed E-state index contributed by atoms with van der Waals surface area (Å²) in [5.74, 6) is -7.20. The molecule has 0 radical (unpaired) electrons. The molecule has 2 atom stereocenters. The molecule has 14 heteroatoms. The fourth-order valence-corrected chi connectivity index (χ4v) is 7.52. The number of ether oxygens (including phenoxy) is 1. The predicted octanol–water partition coefficient (Wildman–Crippen LogP) is 9.53. The summed E-state index contributed by atoms with van der Waals surface area (Å²) in [5, 5.41) is 0. The normalized spacial score (nSPS) is 15.3. The first-order valence-corrected chi connectivity index (χ1v) is 17.9. The number of hydrogen-bond donors (Lipinski definition) is 0. The van der Waals surface area contributed by atoms with Crippen molar-refractivity contribution in [2.45, 2.75) is 98.5 Å². The van der Waals surface area contributed by atoms with Crippen molar-refractivity contribution in [3.63, 3.8) is 0 Å². The average Bonchev–Trinajstić information content (AvgIpc) is 3.01. The molecule has 1 aliphatic heterocycles. The molecule has 4 rings (SSSR count). The molecule has 1 saturated heterocycles. The van der Waals surface area contributed by atoms with Crippen molar-refractivity contribution in [3.05, 3.63) is 91.4 Å². The number of hydrogen-bond acceptors (Lipinski definition) is 5. The minimum atomic E-state index is -5.31. The van der Waals surface area contributed by atoms with Gasteiger partial charge in [0.05, 0.1) is 30.2 Å². The first-order valence-electron chi connectivity index (χ1n) is 17.9. The van der Waals surface area contributed by atoms with E-state index in [0.717, 1.165) is 16.3 Å². The Bertz CT molecular complexity index is 1900. The van der Waals surface area contributed by atoms with E-state index in [9.17, 15) is 40.7 Å². The lowest BCUT2D eigenvalue weighted by Crippen LogP contribution is -2.46. The highest BCUT2D eigenvalue weighted by Gasteiger charge is 2.41. The summed E-state index contributed by atoms with van der Waals surface area (Å²) in [6, 6.07) is 2.54. The van der Waals surface area contributed by atoms with Gasteiger partial charge in [0.1, 0.15) is 11.6 Å². The van der Waals surface area contributed by atoms with Gasteiger partial charge in [0.15, 0.2) is 5.78 Å². The van der Waals surface area contributed by atoms with Gasteiger partial charge in [-0.3, -0.25) is 14.4 Å². The fraction of sp³-hybridized carbons (Fsp3) is 0.525. The first kappa shape index (κ1) is 42.7. The molecule has 6 nitrogen and oxygen atoms in total. The minimum Gasteiger partial charge on any atom is -0.466 e. The van der Waals surface area contributed by atoms with E-state index < -0.39 is 88.4 Å². The Kier molecular flexibility index (Phi) is 13.2. The SMILES string of the molecule is CCOC(=O)C[C@H](CC(=O)C(CC(C)C)n1cc(CCN2CC(C)C2)c(C(F)(F)F)cc1=O)c1c(F)c(-c2c(C)cc(C)cc2C)cc(C(F)(F)F)c1F. The van der Waals surface area contributed by atoms with Crippen LogP contribution in [-0.2, 0) is 33.1 Å². The zero-order valence-corrected chi connectivity index (χ0v) is 31.4. The van der Waals surface area contributed by atoms with Gasteiger partial charge in [-0.25, -0.2) is 8.78 Å². The van der Waals surface area contributed by atoms with Crippen molar-refractivity contribution in [1.82, 2.24) is 9.47 Å². The average molecular weight is 771 g/mol. The summed E-state index contributed by atoms with van der Waals surface area (Å²) < 4.78 is 125. The van der Waals surface area contributed by atoms with E-state index >= 15 is 8.78 Å². The number of Topliss-reactive ketones (excluding diaryl/α,β-unsaturated/α-hetero) is 1. The van der Waals surface area contributed by atoms with Crippen molar-refractivity contribution >= 4 is 11.8 Å². The third-order valence-corrected chi connectivity index (χ3v) is 9.77. The van der Waals surface area contributed by atoms with Gasteiger partial charge in [0.25, 0.3) is 5.56 Å². The van der Waals surface area contributed by atoms with Gasteiger partial charge in [0, 0.05) is 55.4 Å². The van der Waals surface area contributed by atoms with Gasteiger partial charge in [-0.2, -0.15) is 26.3 Å². The third-order valence-electron chi connectivity index (χ3n) is 9.77. The van der Waals surface area contributed by atoms with Crippen LogP contribution < -0.4 is 5.56 Å². The first-order chi connectivity index (χ1) is 25.0. The molecule has 0 spiro atoms. The molecule has 0 aliphatic carbocycles. The van der Waals surface area contributed by atoms with Crippen molar-refractivity contribution in [2.24, 2.45) is 11.8 Å². The van der Waals surface area contributed by atoms with E-state index in [-0.39, 0.29) is 43.0 Å². The predicted molar refractivity (Wildman–Crippen MR) is 188 cm³/mol. The van der Waals surface area contributed by atoms with E-state index in [1.807, 2.05) is 11.8 Å². The van der Waals surface area contributed by atoms with Crippen LogP contribution in [0.2, 0.25) is 0 Å². The van der Waals surface area contributed by atoms with E-state index in [2.05, 4.69) is 0 Å². The summed E-state index contributed by atoms with van der Waals surface area (Å²) in [5.41, 5.74) is -4.51. The van der Waals surface area contributed by atoms with Gasteiger partial charge < -0.3 is 14.2 Å². The molecule has 1 aromatic heterocycles. The van der Waals surface area contributed by atoms with Gasteiger partial charge in [0.2, 0.25) is 0 Å². The van der Waals surface area contributed by atoms with Gasteiger partial charge in [-0.05, 0) is 80.7 Å². The number of nitrogens with zero attached hydrogens (tertiary/aromatic N) is 2. The summed E-state index contributed by atoms with van der Waals surface area (Å²) in [4.78, 5) is 42.5. The maximum Gasteiger partial charge on any atom is 0.419 e. The lowest BCUT2D eigenvalue weighted by Gasteiger charge is -2.37. The molecular weight excluding hydrogens is 724 g/mol. The molecule has 0 saturated carbocycles. The smallest absolute Gasteiger partial charge is 0.419 e. The molecule has 0 amide bonds. The zero-order chi connectivity index (χ0) is 40.4. The second-order valence-electron chi connectivity index (χ2n) is 14.9. The molecule has 2 aromatic carbocycles.